The quantitative estimate of drug-likeness (QED) is 0.631. The predicted molar refractivity (Wildman–Crippen MR) is 120 cm³/mol. The fraction of sp³-hybridized carbons (Fsp3) is 0.905. The summed E-state index contributed by atoms with van der Waals surface area (Å²) in [5.74, 6) is -0.175. The van der Waals surface area contributed by atoms with E-state index in [0.29, 0.717) is 38.4 Å². The minimum Gasteiger partial charge on any atom is -0.356 e. The molecule has 9 nitrogen and oxygen atoms in total. The van der Waals surface area contributed by atoms with Crippen molar-refractivity contribution in [3.05, 3.63) is 0 Å². The van der Waals surface area contributed by atoms with E-state index in [1.165, 1.54) is 23.4 Å². The van der Waals surface area contributed by atoms with Gasteiger partial charge in [-0.15, -0.1) is 0 Å². The molecule has 0 aromatic carbocycles. The summed E-state index contributed by atoms with van der Waals surface area (Å²) in [5.41, 5.74) is 0. The summed E-state index contributed by atoms with van der Waals surface area (Å²) in [5, 5.41) is 2.85. The molecule has 0 saturated carbocycles. The van der Waals surface area contributed by atoms with Gasteiger partial charge in [0.2, 0.25) is 21.8 Å². The maximum atomic E-state index is 13.2. The summed E-state index contributed by atoms with van der Waals surface area (Å²) in [6, 6.07) is 0.628. The van der Waals surface area contributed by atoms with Gasteiger partial charge in [-0.2, -0.15) is 0 Å². The summed E-state index contributed by atoms with van der Waals surface area (Å²) in [6.07, 6.45) is 5.62. The number of piperidine rings is 1. The second kappa shape index (κ2) is 11.1. The first-order chi connectivity index (χ1) is 14.7. The SMILES string of the molecule is CN1CCC(N2CCN(C(=O)C3CCCN(S(C)(=O)=O)CCC(=O)NCC3)CC2)CC1. The topological polar surface area (TPSA) is 93.3 Å². The third-order valence-corrected chi connectivity index (χ3v) is 8.32. The Morgan fingerprint density at radius 2 is 1.61 bits per heavy atom. The maximum Gasteiger partial charge on any atom is 0.225 e. The molecule has 3 fully saturated rings. The Labute approximate surface area is 187 Å². The van der Waals surface area contributed by atoms with Gasteiger partial charge in [0.05, 0.1) is 6.26 Å². The van der Waals surface area contributed by atoms with E-state index in [-0.39, 0.29) is 30.7 Å². The van der Waals surface area contributed by atoms with Crippen LogP contribution in [0, 0.1) is 5.92 Å². The van der Waals surface area contributed by atoms with Crippen molar-refractivity contribution < 1.29 is 18.0 Å². The van der Waals surface area contributed by atoms with Gasteiger partial charge in [-0.1, -0.05) is 0 Å². The van der Waals surface area contributed by atoms with Gasteiger partial charge in [-0.05, 0) is 52.2 Å². The summed E-state index contributed by atoms with van der Waals surface area (Å²) < 4.78 is 25.4. The van der Waals surface area contributed by atoms with Crippen molar-refractivity contribution >= 4 is 21.8 Å². The molecule has 1 atom stereocenters. The average Bonchev–Trinajstić information content (AvgIpc) is 2.78. The van der Waals surface area contributed by atoms with Crippen molar-refractivity contribution in [1.29, 1.82) is 0 Å². The Morgan fingerprint density at radius 1 is 0.935 bits per heavy atom. The molecule has 0 bridgehead atoms. The molecule has 3 aliphatic heterocycles. The number of likely N-dealkylation sites (tertiary alicyclic amines) is 1. The first kappa shape index (κ1) is 24.4. The van der Waals surface area contributed by atoms with Crippen molar-refractivity contribution in [3.8, 4) is 0 Å². The van der Waals surface area contributed by atoms with Crippen LogP contribution < -0.4 is 5.32 Å². The van der Waals surface area contributed by atoms with Crippen LogP contribution in [0.25, 0.3) is 0 Å². The Bertz CT molecular complexity index is 715. The molecule has 0 spiro atoms. The summed E-state index contributed by atoms with van der Waals surface area (Å²) in [6.45, 7) is 6.65. The normalized spacial score (nSPS) is 27.5. The molecular formula is C21H39N5O4S. The van der Waals surface area contributed by atoms with Gasteiger partial charge in [-0.25, -0.2) is 12.7 Å². The lowest BCUT2D eigenvalue weighted by atomic mass is 9.96. The second-order valence-electron chi connectivity index (χ2n) is 9.29. The Kier molecular flexibility index (Phi) is 8.72. The molecule has 178 valence electrons. The average molecular weight is 458 g/mol. The Hall–Kier alpha value is -1.23. The third kappa shape index (κ3) is 7.13. The Balaban J connectivity index is 1.54. The van der Waals surface area contributed by atoms with E-state index in [4.69, 9.17) is 0 Å². The van der Waals surface area contributed by atoms with Gasteiger partial charge < -0.3 is 15.1 Å². The number of rotatable bonds is 3. The minimum atomic E-state index is -3.36. The third-order valence-electron chi connectivity index (χ3n) is 7.01. The molecule has 0 aliphatic carbocycles. The van der Waals surface area contributed by atoms with Crippen LogP contribution in [-0.2, 0) is 19.6 Å². The number of amides is 2. The lowest BCUT2D eigenvalue weighted by molar-refractivity contribution is -0.138. The zero-order chi connectivity index (χ0) is 22.4. The standard InChI is InChI=1S/C21H39N5O4S/c1-23-11-6-19(7-12-23)24-14-16-25(17-15-24)21(28)18-4-3-10-26(31(2,29)30)13-8-20(27)22-9-5-18/h18-19H,3-17H2,1-2H3,(H,22,27). The summed E-state index contributed by atoms with van der Waals surface area (Å²) in [7, 11) is -1.19. The van der Waals surface area contributed by atoms with E-state index < -0.39 is 10.0 Å². The fourth-order valence-corrected chi connectivity index (χ4v) is 5.86. The van der Waals surface area contributed by atoms with Crippen LogP contribution in [0.4, 0.5) is 0 Å². The van der Waals surface area contributed by atoms with Gasteiger partial charge in [0.25, 0.3) is 0 Å². The monoisotopic (exact) mass is 457 g/mol. The summed E-state index contributed by atoms with van der Waals surface area (Å²) in [4.78, 5) is 32.2. The van der Waals surface area contributed by atoms with Crippen LogP contribution in [0.2, 0.25) is 0 Å². The van der Waals surface area contributed by atoms with Crippen LogP contribution in [0.3, 0.4) is 0 Å². The Morgan fingerprint density at radius 3 is 2.26 bits per heavy atom. The van der Waals surface area contributed by atoms with E-state index in [2.05, 4.69) is 22.2 Å². The van der Waals surface area contributed by atoms with Crippen LogP contribution in [0.5, 0.6) is 0 Å². The van der Waals surface area contributed by atoms with Crippen molar-refractivity contribution in [2.24, 2.45) is 5.92 Å². The number of nitrogens with zero attached hydrogens (tertiary/aromatic N) is 4. The largest absolute Gasteiger partial charge is 0.356 e. The molecule has 3 heterocycles. The van der Waals surface area contributed by atoms with Gasteiger partial charge in [0.15, 0.2) is 0 Å². The molecule has 3 saturated heterocycles. The highest BCUT2D eigenvalue weighted by Gasteiger charge is 2.31. The molecule has 3 rings (SSSR count). The minimum absolute atomic E-state index is 0.155. The zero-order valence-corrected chi connectivity index (χ0v) is 19.9. The van der Waals surface area contributed by atoms with E-state index in [1.54, 1.807) is 0 Å². The number of sulfonamides is 1. The zero-order valence-electron chi connectivity index (χ0n) is 19.1. The van der Waals surface area contributed by atoms with Gasteiger partial charge in [-0.3, -0.25) is 14.5 Å². The molecule has 1 N–H and O–H groups in total. The predicted octanol–water partition coefficient (Wildman–Crippen LogP) is -0.207. The number of carbonyl (C=O) groups excluding carboxylic acids is 2. The van der Waals surface area contributed by atoms with Crippen molar-refractivity contribution in [2.75, 3.05) is 72.2 Å². The summed E-state index contributed by atoms with van der Waals surface area (Å²) >= 11 is 0. The van der Waals surface area contributed by atoms with Crippen LogP contribution in [0.1, 0.15) is 38.5 Å². The molecule has 2 amide bonds. The van der Waals surface area contributed by atoms with E-state index in [0.717, 1.165) is 39.3 Å². The van der Waals surface area contributed by atoms with E-state index in [1.807, 2.05) is 4.90 Å². The van der Waals surface area contributed by atoms with Crippen LogP contribution in [-0.4, -0.2) is 117 Å². The lowest BCUT2D eigenvalue weighted by Gasteiger charge is -2.42. The van der Waals surface area contributed by atoms with Crippen molar-refractivity contribution in [2.45, 2.75) is 44.6 Å². The molecule has 10 heteroatoms. The van der Waals surface area contributed by atoms with E-state index >= 15 is 0 Å². The molecule has 0 aromatic heterocycles. The van der Waals surface area contributed by atoms with Crippen molar-refractivity contribution in [1.82, 2.24) is 24.3 Å². The number of hydrogen-bond acceptors (Lipinski definition) is 6. The molecule has 31 heavy (non-hydrogen) atoms. The molecule has 0 radical (unpaired) electrons. The van der Waals surface area contributed by atoms with Crippen molar-refractivity contribution in [3.63, 3.8) is 0 Å². The highest BCUT2D eigenvalue weighted by Crippen LogP contribution is 2.21. The number of piperazine rings is 1. The smallest absolute Gasteiger partial charge is 0.225 e. The maximum absolute atomic E-state index is 13.2. The highest BCUT2D eigenvalue weighted by atomic mass is 32.2. The molecular weight excluding hydrogens is 418 g/mol. The fourth-order valence-electron chi connectivity index (χ4n) is 4.97. The second-order valence-corrected chi connectivity index (χ2v) is 11.3. The van der Waals surface area contributed by atoms with Gasteiger partial charge in [0, 0.05) is 64.2 Å². The van der Waals surface area contributed by atoms with Gasteiger partial charge in [0.1, 0.15) is 0 Å². The van der Waals surface area contributed by atoms with Crippen LogP contribution >= 0.6 is 0 Å². The lowest BCUT2D eigenvalue weighted by Crippen LogP contribution is -2.55. The van der Waals surface area contributed by atoms with Gasteiger partial charge >= 0.3 is 0 Å². The molecule has 3 aliphatic rings. The van der Waals surface area contributed by atoms with E-state index in [9.17, 15) is 18.0 Å². The number of nitrogens with one attached hydrogen (secondary N) is 1. The highest BCUT2D eigenvalue weighted by molar-refractivity contribution is 7.88. The first-order valence-corrected chi connectivity index (χ1v) is 13.5. The number of hydrogen-bond donors (Lipinski definition) is 1. The first-order valence-electron chi connectivity index (χ1n) is 11.7. The number of carbonyl (C=O) groups is 2. The molecule has 1 unspecified atom stereocenters. The molecule has 0 aromatic rings. The van der Waals surface area contributed by atoms with Crippen LogP contribution in [0.15, 0.2) is 0 Å².